The molecular formula is C19H23BrN4O2S. The van der Waals surface area contributed by atoms with Crippen molar-refractivity contribution >= 4 is 56.1 Å². The first-order valence-electron chi connectivity index (χ1n) is 9.16. The highest BCUT2D eigenvalue weighted by atomic mass is 79.9. The van der Waals surface area contributed by atoms with Crippen LogP contribution in [-0.4, -0.2) is 27.9 Å². The molecule has 1 aliphatic heterocycles. The summed E-state index contributed by atoms with van der Waals surface area (Å²) in [6.07, 6.45) is 6.21. The van der Waals surface area contributed by atoms with Crippen molar-refractivity contribution in [3.8, 4) is 0 Å². The van der Waals surface area contributed by atoms with Crippen LogP contribution in [0.2, 0.25) is 0 Å². The van der Waals surface area contributed by atoms with Gasteiger partial charge >= 0.3 is 0 Å². The third kappa shape index (κ3) is 5.90. The summed E-state index contributed by atoms with van der Waals surface area (Å²) in [4.78, 5) is 24.3. The number of amides is 2. The first-order chi connectivity index (χ1) is 13.0. The van der Waals surface area contributed by atoms with Crippen molar-refractivity contribution in [1.82, 2.24) is 5.32 Å². The van der Waals surface area contributed by atoms with Crippen molar-refractivity contribution in [2.45, 2.75) is 50.7 Å². The Kier molecular flexibility index (Phi) is 7.07. The molecule has 0 aromatic heterocycles. The summed E-state index contributed by atoms with van der Waals surface area (Å²) in [7, 11) is 0. The lowest BCUT2D eigenvalue weighted by atomic mass is 9.86. The van der Waals surface area contributed by atoms with Crippen LogP contribution in [0, 0.1) is 5.92 Å². The van der Waals surface area contributed by atoms with E-state index in [0.717, 1.165) is 10.2 Å². The summed E-state index contributed by atoms with van der Waals surface area (Å²) in [6.45, 7) is 2.00. The Morgan fingerprint density at radius 2 is 1.96 bits per heavy atom. The van der Waals surface area contributed by atoms with E-state index in [4.69, 9.17) is 0 Å². The molecule has 1 aromatic carbocycles. The number of thioether (sulfide) groups is 1. The molecule has 1 aliphatic carbocycles. The van der Waals surface area contributed by atoms with Crippen LogP contribution in [0.1, 0.15) is 45.4 Å². The number of anilines is 1. The highest BCUT2D eigenvalue weighted by molar-refractivity contribution is 9.10. The zero-order valence-electron chi connectivity index (χ0n) is 15.2. The van der Waals surface area contributed by atoms with E-state index in [1.807, 2.05) is 19.1 Å². The van der Waals surface area contributed by atoms with E-state index in [9.17, 15) is 9.59 Å². The van der Waals surface area contributed by atoms with Crippen molar-refractivity contribution in [1.29, 1.82) is 0 Å². The van der Waals surface area contributed by atoms with Crippen molar-refractivity contribution in [2.75, 3.05) is 5.32 Å². The Morgan fingerprint density at radius 3 is 2.67 bits per heavy atom. The molecule has 2 N–H and O–H groups in total. The summed E-state index contributed by atoms with van der Waals surface area (Å²) in [5, 5.41) is 14.0. The fourth-order valence-electron chi connectivity index (χ4n) is 3.23. The lowest BCUT2D eigenvalue weighted by Gasteiger charge is -2.20. The third-order valence-electron chi connectivity index (χ3n) is 4.77. The van der Waals surface area contributed by atoms with Crippen LogP contribution in [-0.2, 0) is 9.59 Å². The first-order valence-corrected chi connectivity index (χ1v) is 10.8. The molecule has 144 valence electrons. The van der Waals surface area contributed by atoms with Crippen LogP contribution in [0.15, 0.2) is 38.9 Å². The van der Waals surface area contributed by atoms with Gasteiger partial charge in [-0.2, -0.15) is 5.10 Å². The quantitative estimate of drug-likeness (QED) is 0.517. The molecular weight excluding hydrogens is 428 g/mol. The zero-order valence-corrected chi connectivity index (χ0v) is 17.6. The summed E-state index contributed by atoms with van der Waals surface area (Å²) >= 11 is 4.62. The highest BCUT2D eigenvalue weighted by Crippen LogP contribution is 2.26. The number of amidine groups is 1. The average molecular weight is 451 g/mol. The van der Waals surface area contributed by atoms with Crippen molar-refractivity contribution in [2.24, 2.45) is 16.1 Å². The van der Waals surface area contributed by atoms with Gasteiger partial charge in [-0.05, 0) is 49.9 Å². The van der Waals surface area contributed by atoms with Crippen LogP contribution in [0.5, 0.6) is 0 Å². The Bertz CT molecular complexity index is 757. The van der Waals surface area contributed by atoms with Gasteiger partial charge in [-0.25, -0.2) is 0 Å². The fourth-order valence-corrected chi connectivity index (χ4v) is 4.41. The molecule has 8 heteroatoms. The number of nitrogens with zero attached hydrogens (tertiary/aromatic N) is 2. The molecule has 1 aromatic rings. The van der Waals surface area contributed by atoms with Gasteiger partial charge in [-0.1, -0.05) is 47.0 Å². The molecule has 1 saturated carbocycles. The predicted octanol–water partition coefficient (Wildman–Crippen LogP) is 4.32. The lowest BCUT2D eigenvalue weighted by Crippen LogP contribution is -2.28. The molecule has 6 nitrogen and oxygen atoms in total. The molecule has 27 heavy (non-hydrogen) atoms. The molecule has 2 fully saturated rings. The van der Waals surface area contributed by atoms with E-state index < -0.39 is 5.25 Å². The minimum Gasteiger partial charge on any atom is -0.326 e. The summed E-state index contributed by atoms with van der Waals surface area (Å²) in [5.74, 6) is 0.0982. The number of carbonyl (C=O) groups excluding carboxylic acids is 2. The second-order valence-corrected chi connectivity index (χ2v) is 8.94. The Hall–Kier alpha value is -1.67. The fraction of sp³-hybridized carbons (Fsp3) is 0.474. The number of benzene rings is 1. The first kappa shape index (κ1) is 20.1. The predicted molar refractivity (Wildman–Crippen MR) is 114 cm³/mol. The Morgan fingerprint density at radius 1 is 1.26 bits per heavy atom. The van der Waals surface area contributed by atoms with E-state index in [-0.39, 0.29) is 18.2 Å². The normalized spacial score (nSPS) is 22.7. The molecule has 0 radical (unpaired) electrons. The lowest BCUT2D eigenvalue weighted by molar-refractivity contribution is -0.122. The maximum Gasteiger partial charge on any atom is 0.240 e. The van der Waals surface area contributed by atoms with E-state index in [1.54, 1.807) is 12.1 Å². The Balaban J connectivity index is 1.53. The number of nitrogens with one attached hydrogen (secondary N) is 2. The van der Waals surface area contributed by atoms with Gasteiger partial charge in [-0.3, -0.25) is 9.59 Å². The topological polar surface area (TPSA) is 82.9 Å². The molecule has 1 saturated heterocycles. The van der Waals surface area contributed by atoms with Crippen LogP contribution >= 0.6 is 27.7 Å². The van der Waals surface area contributed by atoms with Gasteiger partial charge in [0.25, 0.3) is 0 Å². The van der Waals surface area contributed by atoms with Gasteiger partial charge < -0.3 is 10.6 Å². The van der Waals surface area contributed by atoms with E-state index in [0.29, 0.717) is 16.8 Å². The molecule has 1 atom stereocenters. The largest absolute Gasteiger partial charge is 0.326 e. The SMILES string of the molecule is C/C(=N/N=C1\NC(=O)[C@H](CC(=O)Nc2ccc(Br)cc2)S1)C1CCCCC1. The zero-order chi connectivity index (χ0) is 19.2. The van der Waals surface area contributed by atoms with Crippen LogP contribution in [0.4, 0.5) is 5.69 Å². The van der Waals surface area contributed by atoms with Gasteiger partial charge in [0.05, 0.1) is 0 Å². The maximum absolute atomic E-state index is 12.2. The molecule has 1 heterocycles. The van der Waals surface area contributed by atoms with Gasteiger partial charge in [0.2, 0.25) is 11.8 Å². The summed E-state index contributed by atoms with van der Waals surface area (Å²) in [5.41, 5.74) is 1.72. The van der Waals surface area contributed by atoms with Gasteiger partial charge in [-0.15, -0.1) is 5.10 Å². The van der Waals surface area contributed by atoms with E-state index in [2.05, 4.69) is 36.8 Å². The summed E-state index contributed by atoms with van der Waals surface area (Å²) < 4.78 is 0.941. The minimum atomic E-state index is -0.482. The maximum atomic E-state index is 12.2. The monoisotopic (exact) mass is 450 g/mol. The molecule has 0 unspecified atom stereocenters. The van der Waals surface area contributed by atoms with Crippen molar-refractivity contribution < 1.29 is 9.59 Å². The number of halogens is 1. The minimum absolute atomic E-state index is 0.0942. The third-order valence-corrected chi connectivity index (χ3v) is 6.37. The van der Waals surface area contributed by atoms with Gasteiger partial charge in [0.15, 0.2) is 5.17 Å². The van der Waals surface area contributed by atoms with E-state index in [1.165, 1.54) is 43.9 Å². The van der Waals surface area contributed by atoms with Crippen LogP contribution in [0.25, 0.3) is 0 Å². The molecule has 2 amide bonds. The van der Waals surface area contributed by atoms with Crippen molar-refractivity contribution in [3.63, 3.8) is 0 Å². The molecule has 0 bridgehead atoms. The standard InChI is InChI=1S/C19H23BrN4O2S/c1-12(13-5-3-2-4-6-13)23-24-19-22-18(26)16(27-19)11-17(25)21-15-9-7-14(20)8-10-15/h7-10,13,16H,2-6,11H2,1H3,(H,21,25)(H,22,24,26)/b23-12-/t16-/m0/s1. The Labute approximate surface area is 171 Å². The second-order valence-electron chi connectivity index (χ2n) is 6.84. The molecule has 2 aliphatic rings. The number of hydrogen-bond acceptors (Lipinski definition) is 5. The van der Waals surface area contributed by atoms with Crippen LogP contribution in [0.3, 0.4) is 0 Å². The summed E-state index contributed by atoms with van der Waals surface area (Å²) in [6, 6.07) is 7.31. The average Bonchev–Trinajstić information content (AvgIpc) is 3.01. The number of hydrogen-bond donors (Lipinski definition) is 2. The smallest absolute Gasteiger partial charge is 0.240 e. The number of carbonyl (C=O) groups is 2. The van der Waals surface area contributed by atoms with Crippen molar-refractivity contribution in [3.05, 3.63) is 28.7 Å². The van der Waals surface area contributed by atoms with Gasteiger partial charge in [0.1, 0.15) is 5.25 Å². The highest BCUT2D eigenvalue weighted by Gasteiger charge is 2.32. The van der Waals surface area contributed by atoms with Crippen LogP contribution < -0.4 is 10.6 Å². The van der Waals surface area contributed by atoms with E-state index >= 15 is 0 Å². The molecule has 3 rings (SSSR count). The van der Waals surface area contributed by atoms with Gasteiger partial charge in [0, 0.05) is 22.3 Å². The molecule has 0 spiro atoms. The second kappa shape index (κ2) is 9.50. The number of rotatable bonds is 5.